The number of hydrogen-bond acceptors (Lipinski definition) is 4. The average molecular weight is 400 g/mol. The molecule has 0 radical (unpaired) electrons. The van der Waals surface area contributed by atoms with E-state index in [-0.39, 0.29) is 5.69 Å². The summed E-state index contributed by atoms with van der Waals surface area (Å²) in [5.74, 6) is -1.93. The van der Waals surface area contributed by atoms with Gasteiger partial charge in [-0.05, 0) is 42.0 Å². The maximum Gasteiger partial charge on any atom is 0.262 e. The Labute approximate surface area is 159 Å². The Bertz CT molecular complexity index is 1180. The second-order valence-corrected chi connectivity index (χ2v) is 7.83. The van der Waals surface area contributed by atoms with Gasteiger partial charge in [-0.1, -0.05) is 6.07 Å². The van der Waals surface area contributed by atoms with Gasteiger partial charge in [-0.3, -0.25) is 14.8 Å². The number of allylic oxidation sites excluding steroid dienone is 1. The zero-order chi connectivity index (χ0) is 19.7. The molecule has 2 N–H and O–H groups in total. The van der Waals surface area contributed by atoms with Crippen LogP contribution < -0.4 is 4.72 Å². The normalized spacial score (nSPS) is 13.6. The van der Waals surface area contributed by atoms with E-state index in [4.69, 9.17) is 0 Å². The maximum atomic E-state index is 13.4. The lowest BCUT2D eigenvalue weighted by Crippen LogP contribution is -2.14. The number of anilines is 1. The molecule has 0 spiro atoms. The van der Waals surface area contributed by atoms with Gasteiger partial charge in [0, 0.05) is 29.1 Å². The van der Waals surface area contributed by atoms with E-state index >= 15 is 0 Å². The zero-order valence-electron chi connectivity index (χ0n) is 14.4. The highest BCUT2D eigenvalue weighted by Gasteiger charge is 2.19. The lowest BCUT2D eigenvalue weighted by atomic mass is 10.0. The minimum absolute atomic E-state index is 0.273. The number of benzene rings is 2. The molecule has 2 aromatic carbocycles. The number of nitrogens with one attached hydrogen (secondary N) is 2. The van der Waals surface area contributed by atoms with Crippen LogP contribution in [0.2, 0.25) is 0 Å². The van der Waals surface area contributed by atoms with Crippen molar-refractivity contribution in [2.75, 3.05) is 4.72 Å². The monoisotopic (exact) mass is 400 g/mol. The molecule has 1 aromatic heterocycles. The van der Waals surface area contributed by atoms with Crippen molar-refractivity contribution in [3.8, 4) is 0 Å². The van der Waals surface area contributed by atoms with Crippen LogP contribution in [0.15, 0.2) is 64.8 Å². The molecule has 0 aliphatic carbocycles. The van der Waals surface area contributed by atoms with Crippen molar-refractivity contribution in [1.29, 1.82) is 0 Å². The first kappa shape index (κ1) is 18.1. The van der Waals surface area contributed by atoms with Gasteiger partial charge in [-0.2, -0.15) is 5.10 Å². The van der Waals surface area contributed by atoms with Crippen molar-refractivity contribution >= 4 is 27.5 Å². The smallest absolute Gasteiger partial charge is 0.262 e. The van der Waals surface area contributed by atoms with Gasteiger partial charge in [0.15, 0.2) is 0 Å². The number of H-pyrrole nitrogens is 1. The van der Waals surface area contributed by atoms with Crippen LogP contribution in [0.1, 0.15) is 16.7 Å². The molecular formula is C19H14F2N4O2S. The number of rotatable bonds is 5. The van der Waals surface area contributed by atoms with Crippen molar-refractivity contribution in [2.45, 2.75) is 11.4 Å². The average Bonchev–Trinajstić information content (AvgIpc) is 3.28. The number of fused-ring (bicyclic) bond motifs is 1. The van der Waals surface area contributed by atoms with E-state index in [1.165, 1.54) is 0 Å². The van der Waals surface area contributed by atoms with Crippen molar-refractivity contribution < 1.29 is 17.2 Å². The van der Waals surface area contributed by atoms with Gasteiger partial charge >= 0.3 is 0 Å². The Hall–Kier alpha value is -3.33. The van der Waals surface area contributed by atoms with Gasteiger partial charge in [0.25, 0.3) is 10.0 Å². The summed E-state index contributed by atoms with van der Waals surface area (Å²) in [6, 6.07) is 7.14. The van der Waals surface area contributed by atoms with Crippen molar-refractivity contribution in [2.24, 2.45) is 4.99 Å². The van der Waals surface area contributed by atoms with Crippen molar-refractivity contribution in [3.63, 3.8) is 0 Å². The third-order valence-corrected chi connectivity index (χ3v) is 5.52. The molecule has 0 saturated heterocycles. The Kier molecular flexibility index (Phi) is 4.52. The summed E-state index contributed by atoms with van der Waals surface area (Å²) in [6.07, 6.45) is 7.05. The molecule has 0 unspecified atom stereocenters. The fourth-order valence-electron chi connectivity index (χ4n) is 2.84. The molecule has 142 valence electrons. The molecule has 4 rings (SSSR count). The van der Waals surface area contributed by atoms with Crippen molar-refractivity contribution in [3.05, 3.63) is 83.2 Å². The predicted molar refractivity (Wildman–Crippen MR) is 101 cm³/mol. The molecule has 0 bridgehead atoms. The number of aromatic nitrogens is 2. The Morgan fingerprint density at radius 1 is 1.07 bits per heavy atom. The molecule has 0 fully saturated rings. The highest BCUT2D eigenvalue weighted by Crippen LogP contribution is 2.26. The summed E-state index contributed by atoms with van der Waals surface area (Å²) in [5.41, 5.74) is 3.59. The van der Waals surface area contributed by atoms with E-state index in [0.29, 0.717) is 18.3 Å². The molecule has 28 heavy (non-hydrogen) atoms. The van der Waals surface area contributed by atoms with Gasteiger partial charge in [0.05, 0.1) is 23.3 Å². The number of aliphatic imine (C=N–C) groups is 1. The third kappa shape index (κ3) is 3.70. The molecule has 1 aliphatic rings. The first-order chi connectivity index (χ1) is 13.4. The molecule has 3 aromatic rings. The number of sulfonamides is 1. The molecule has 9 heteroatoms. The molecule has 0 saturated carbocycles. The fraction of sp³-hybridized carbons (Fsp3) is 0.0526. The topological polar surface area (TPSA) is 87.2 Å². The summed E-state index contributed by atoms with van der Waals surface area (Å²) in [4.78, 5) is 3.96. The van der Waals surface area contributed by atoms with Crippen LogP contribution in [0.3, 0.4) is 0 Å². The first-order valence-electron chi connectivity index (χ1n) is 8.24. The molecule has 0 atom stereocenters. The predicted octanol–water partition coefficient (Wildman–Crippen LogP) is 3.50. The maximum absolute atomic E-state index is 13.4. The standard InChI is InChI=1S/C19H14F2N4O2S/c20-14-5-15(21)7-17(6-14)28(26,27)25-16-3-2-13-11-22-19(18(13)8-16)4-1-12-9-23-24-10-12/h1-10,25H,11H2,(H,23,24)/b4-1+. The van der Waals surface area contributed by atoms with Crippen molar-refractivity contribution in [1.82, 2.24) is 10.2 Å². The van der Waals surface area contributed by atoms with Gasteiger partial charge in [0.1, 0.15) is 11.6 Å². The Morgan fingerprint density at radius 3 is 2.57 bits per heavy atom. The lowest BCUT2D eigenvalue weighted by Gasteiger charge is -2.10. The number of hydrogen-bond donors (Lipinski definition) is 2. The minimum Gasteiger partial charge on any atom is -0.285 e. The molecule has 0 amide bonds. The van der Waals surface area contributed by atoms with Gasteiger partial charge in [-0.25, -0.2) is 17.2 Å². The molecular weight excluding hydrogens is 386 g/mol. The second kappa shape index (κ2) is 7.01. The van der Waals surface area contributed by atoms with Gasteiger partial charge < -0.3 is 0 Å². The minimum atomic E-state index is -4.14. The van der Waals surface area contributed by atoms with Crippen LogP contribution in [-0.4, -0.2) is 24.3 Å². The third-order valence-electron chi connectivity index (χ3n) is 4.16. The summed E-state index contributed by atoms with van der Waals surface area (Å²) < 4.78 is 54.0. The molecule has 6 nitrogen and oxygen atoms in total. The van der Waals surface area contributed by atoms with E-state index in [0.717, 1.165) is 28.8 Å². The van der Waals surface area contributed by atoms with Crippen LogP contribution in [0.25, 0.3) is 6.08 Å². The SMILES string of the molecule is O=S(=O)(Nc1ccc2c(c1)C(/C=C/c1cn[nH]c1)=NC2)c1cc(F)cc(F)c1. The highest BCUT2D eigenvalue weighted by atomic mass is 32.2. The Balaban J connectivity index is 1.61. The largest absolute Gasteiger partial charge is 0.285 e. The number of halogens is 2. The van der Waals surface area contributed by atoms with Gasteiger partial charge in [0.2, 0.25) is 0 Å². The lowest BCUT2D eigenvalue weighted by molar-refractivity contribution is 0.568. The number of aromatic amines is 1. The van der Waals surface area contributed by atoms with E-state index in [9.17, 15) is 17.2 Å². The summed E-state index contributed by atoms with van der Waals surface area (Å²) in [6.45, 7) is 0.489. The van der Waals surface area contributed by atoms with Crippen LogP contribution in [0.5, 0.6) is 0 Å². The van der Waals surface area contributed by atoms with E-state index in [1.54, 1.807) is 30.6 Å². The van der Waals surface area contributed by atoms with Crippen LogP contribution in [-0.2, 0) is 16.6 Å². The van der Waals surface area contributed by atoms with E-state index < -0.39 is 26.6 Å². The summed E-state index contributed by atoms with van der Waals surface area (Å²) in [7, 11) is -4.14. The first-order valence-corrected chi connectivity index (χ1v) is 9.72. The molecule has 1 aliphatic heterocycles. The quantitative estimate of drug-likeness (QED) is 0.687. The number of nitrogens with zero attached hydrogens (tertiary/aromatic N) is 2. The Morgan fingerprint density at radius 2 is 1.86 bits per heavy atom. The van der Waals surface area contributed by atoms with Crippen LogP contribution in [0.4, 0.5) is 14.5 Å². The van der Waals surface area contributed by atoms with Crippen LogP contribution in [0, 0.1) is 11.6 Å². The van der Waals surface area contributed by atoms with E-state index in [2.05, 4.69) is 19.9 Å². The molecule has 2 heterocycles. The van der Waals surface area contributed by atoms with E-state index in [1.807, 2.05) is 12.2 Å². The second-order valence-electron chi connectivity index (χ2n) is 6.15. The van der Waals surface area contributed by atoms with Gasteiger partial charge in [-0.15, -0.1) is 0 Å². The summed E-state index contributed by atoms with van der Waals surface area (Å²) >= 11 is 0. The summed E-state index contributed by atoms with van der Waals surface area (Å²) in [5, 5.41) is 6.57. The highest BCUT2D eigenvalue weighted by molar-refractivity contribution is 7.92. The zero-order valence-corrected chi connectivity index (χ0v) is 15.2. The fourth-order valence-corrected chi connectivity index (χ4v) is 3.93. The van der Waals surface area contributed by atoms with Crippen LogP contribution >= 0.6 is 0 Å².